The molecule has 1 N–H and O–H groups in total. The van der Waals surface area contributed by atoms with Crippen molar-refractivity contribution in [1.82, 2.24) is 15.0 Å². The number of H-pyrrole nitrogens is 1. The van der Waals surface area contributed by atoms with Gasteiger partial charge in [-0.25, -0.2) is 14.6 Å². The van der Waals surface area contributed by atoms with E-state index in [2.05, 4.69) is 19.7 Å². The second-order valence-electron chi connectivity index (χ2n) is 4.71. The van der Waals surface area contributed by atoms with Gasteiger partial charge in [0.15, 0.2) is 12.3 Å². The number of carbonyl (C=O) groups is 3. The highest BCUT2D eigenvalue weighted by molar-refractivity contribution is 6.03. The number of ketones is 1. The quantitative estimate of drug-likeness (QED) is 0.652. The third kappa shape index (κ3) is 3.42. The van der Waals surface area contributed by atoms with Crippen LogP contribution in [0.2, 0.25) is 0 Å². The summed E-state index contributed by atoms with van der Waals surface area (Å²) >= 11 is 0. The molecule has 2 rings (SSSR count). The number of aryl methyl sites for hydroxylation is 1. The van der Waals surface area contributed by atoms with Gasteiger partial charge in [0.1, 0.15) is 0 Å². The Hall–Kier alpha value is -3.03. The standard InChI is InChI=1S/C15H15N3O5/c1-8-12(15(21)22-3)9(2)18-13(8)11(19)7-23-14(20)10-6-16-4-5-17-10/h4-6,18H,7H2,1-3H3. The lowest BCUT2D eigenvalue weighted by atomic mass is 10.1. The van der Waals surface area contributed by atoms with Crippen molar-refractivity contribution in [1.29, 1.82) is 0 Å². The molecule has 0 aliphatic heterocycles. The van der Waals surface area contributed by atoms with Gasteiger partial charge in [0.05, 0.1) is 24.6 Å². The van der Waals surface area contributed by atoms with E-state index in [9.17, 15) is 14.4 Å². The SMILES string of the molecule is COC(=O)c1c(C)[nH]c(C(=O)COC(=O)c2cnccn2)c1C. The van der Waals surface area contributed by atoms with E-state index in [1.54, 1.807) is 13.8 Å². The maximum atomic E-state index is 12.2. The number of hydrogen-bond acceptors (Lipinski definition) is 7. The minimum absolute atomic E-state index is 0.00920. The van der Waals surface area contributed by atoms with Crippen molar-refractivity contribution in [2.75, 3.05) is 13.7 Å². The van der Waals surface area contributed by atoms with Crippen LogP contribution in [-0.2, 0) is 9.47 Å². The van der Waals surface area contributed by atoms with Crippen LogP contribution >= 0.6 is 0 Å². The fourth-order valence-corrected chi connectivity index (χ4v) is 2.12. The van der Waals surface area contributed by atoms with Gasteiger partial charge in [-0.05, 0) is 19.4 Å². The van der Waals surface area contributed by atoms with E-state index in [1.807, 2.05) is 0 Å². The normalized spacial score (nSPS) is 10.2. The summed E-state index contributed by atoms with van der Waals surface area (Å²) in [6, 6.07) is 0. The van der Waals surface area contributed by atoms with Crippen LogP contribution in [0, 0.1) is 13.8 Å². The molecule has 2 heterocycles. The molecular weight excluding hydrogens is 302 g/mol. The maximum Gasteiger partial charge on any atom is 0.358 e. The van der Waals surface area contributed by atoms with Gasteiger partial charge >= 0.3 is 11.9 Å². The molecule has 0 aliphatic rings. The molecular formula is C15H15N3O5. The Morgan fingerprint density at radius 3 is 2.52 bits per heavy atom. The molecule has 0 radical (unpaired) electrons. The number of carbonyl (C=O) groups excluding carboxylic acids is 3. The summed E-state index contributed by atoms with van der Waals surface area (Å²) in [6.45, 7) is 2.80. The third-order valence-corrected chi connectivity index (χ3v) is 3.21. The molecule has 8 nitrogen and oxygen atoms in total. The third-order valence-electron chi connectivity index (χ3n) is 3.21. The average Bonchev–Trinajstić information content (AvgIpc) is 2.87. The Labute approximate surface area is 131 Å². The number of ether oxygens (including phenoxy) is 2. The molecule has 0 aliphatic carbocycles. The van der Waals surface area contributed by atoms with E-state index < -0.39 is 24.3 Å². The minimum atomic E-state index is -0.749. The largest absolute Gasteiger partial charge is 0.465 e. The van der Waals surface area contributed by atoms with Crippen molar-refractivity contribution in [3.05, 3.63) is 46.8 Å². The summed E-state index contributed by atoms with van der Waals surface area (Å²) in [5, 5.41) is 0. The fourth-order valence-electron chi connectivity index (χ4n) is 2.12. The Kier molecular flexibility index (Phi) is 4.85. The first-order chi connectivity index (χ1) is 11.0. The van der Waals surface area contributed by atoms with E-state index in [1.165, 1.54) is 25.7 Å². The Bertz CT molecular complexity index is 752. The molecule has 0 aromatic carbocycles. The number of esters is 2. The van der Waals surface area contributed by atoms with Crippen LogP contribution in [0.15, 0.2) is 18.6 Å². The highest BCUT2D eigenvalue weighted by atomic mass is 16.5. The maximum absolute atomic E-state index is 12.2. The molecule has 0 bridgehead atoms. The lowest BCUT2D eigenvalue weighted by Gasteiger charge is -2.03. The Morgan fingerprint density at radius 2 is 1.91 bits per heavy atom. The van der Waals surface area contributed by atoms with Crippen LogP contribution < -0.4 is 0 Å². The van der Waals surface area contributed by atoms with Crippen molar-refractivity contribution in [3.8, 4) is 0 Å². The molecule has 0 fully saturated rings. The summed E-state index contributed by atoms with van der Waals surface area (Å²) in [6.07, 6.45) is 4.01. The van der Waals surface area contributed by atoms with Crippen molar-refractivity contribution in [3.63, 3.8) is 0 Å². The van der Waals surface area contributed by atoms with Crippen molar-refractivity contribution >= 4 is 17.7 Å². The molecule has 0 saturated carbocycles. The van der Waals surface area contributed by atoms with Gasteiger partial charge in [-0.3, -0.25) is 9.78 Å². The lowest BCUT2D eigenvalue weighted by molar-refractivity contribution is 0.0466. The van der Waals surface area contributed by atoms with Gasteiger partial charge in [-0.2, -0.15) is 0 Å². The van der Waals surface area contributed by atoms with Crippen LogP contribution in [0.3, 0.4) is 0 Å². The second-order valence-corrected chi connectivity index (χ2v) is 4.71. The molecule has 2 aromatic rings. The molecule has 0 spiro atoms. The van der Waals surface area contributed by atoms with E-state index in [-0.39, 0.29) is 11.4 Å². The first-order valence-electron chi connectivity index (χ1n) is 6.69. The van der Waals surface area contributed by atoms with Crippen LogP contribution in [0.5, 0.6) is 0 Å². The number of aromatic nitrogens is 3. The Morgan fingerprint density at radius 1 is 1.17 bits per heavy atom. The number of Topliss-reactive ketones (excluding diaryl/α,β-unsaturated/α-hetero) is 1. The number of aromatic amines is 1. The molecule has 8 heteroatoms. The lowest BCUT2D eigenvalue weighted by Crippen LogP contribution is -2.16. The molecule has 0 amide bonds. The first-order valence-corrected chi connectivity index (χ1v) is 6.69. The minimum Gasteiger partial charge on any atom is -0.465 e. The number of hydrogen-bond donors (Lipinski definition) is 1. The Balaban J connectivity index is 2.10. The number of nitrogens with one attached hydrogen (secondary N) is 1. The van der Waals surface area contributed by atoms with Gasteiger partial charge < -0.3 is 14.5 Å². The van der Waals surface area contributed by atoms with Crippen molar-refractivity contribution < 1.29 is 23.9 Å². The number of nitrogens with zero attached hydrogens (tertiary/aromatic N) is 2. The smallest absolute Gasteiger partial charge is 0.358 e. The van der Waals surface area contributed by atoms with Crippen LogP contribution in [0.1, 0.15) is 42.6 Å². The highest BCUT2D eigenvalue weighted by Gasteiger charge is 2.23. The monoisotopic (exact) mass is 317 g/mol. The van der Waals surface area contributed by atoms with Crippen LogP contribution in [0.25, 0.3) is 0 Å². The predicted molar refractivity (Wildman–Crippen MR) is 78.3 cm³/mol. The van der Waals surface area contributed by atoms with Crippen LogP contribution in [-0.4, -0.2) is 46.4 Å². The van der Waals surface area contributed by atoms with E-state index in [4.69, 9.17) is 4.74 Å². The zero-order valence-corrected chi connectivity index (χ0v) is 12.9. The summed E-state index contributed by atoms with van der Waals surface area (Å²) in [7, 11) is 1.26. The van der Waals surface area contributed by atoms with Crippen molar-refractivity contribution in [2.45, 2.75) is 13.8 Å². The van der Waals surface area contributed by atoms with E-state index in [0.717, 1.165) is 0 Å². The molecule has 0 saturated heterocycles. The highest BCUT2D eigenvalue weighted by Crippen LogP contribution is 2.19. The molecule has 0 atom stereocenters. The van der Waals surface area contributed by atoms with Gasteiger partial charge in [-0.1, -0.05) is 0 Å². The van der Waals surface area contributed by atoms with Gasteiger partial charge in [0.2, 0.25) is 5.78 Å². The predicted octanol–water partition coefficient (Wildman–Crippen LogP) is 1.25. The zero-order chi connectivity index (χ0) is 17.0. The van der Waals surface area contributed by atoms with Gasteiger partial charge in [0.25, 0.3) is 0 Å². The fraction of sp³-hybridized carbons (Fsp3) is 0.267. The first kappa shape index (κ1) is 16.3. The summed E-state index contributed by atoms with van der Waals surface area (Å²) in [5.74, 6) is -1.74. The van der Waals surface area contributed by atoms with E-state index in [0.29, 0.717) is 16.8 Å². The van der Waals surface area contributed by atoms with Gasteiger partial charge in [0, 0.05) is 18.1 Å². The zero-order valence-electron chi connectivity index (χ0n) is 12.9. The van der Waals surface area contributed by atoms with E-state index >= 15 is 0 Å². The van der Waals surface area contributed by atoms with Gasteiger partial charge in [-0.15, -0.1) is 0 Å². The topological polar surface area (TPSA) is 111 Å². The second kappa shape index (κ2) is 6.82. The number of methoxy groups -OCH3 is 1. The number of rotatable bonds is 5. The summed E-state index contributed by atoms with van der Waals surface area (Å²) < 4.78 is 9.58. The van der Waals surface area contributed by atoms with Crippen LogP contribution in [0.4, 0.5) is 0 Å². The average molecular weight is 317 g/mol. The summed E-state index contributed by atoms with van der Waals surface area (Å²) in [5.41, 5.74) is 1.48. The molecule has 23 heavy (non-hydrogen) atoms. The molecule has 2 aromatic heterocycles. The molecule has 0 unspecified atom stereocenters. The molecule has 120 valence electrons. The van der Waals surface area contributed by atoms with Crippen molar-refractivity contribution in [2.24, 2.45) is 0 Å². The summed E-state index contributed by atoms with van der Waals surface area (Å²) in [4.78, 5) is 45.9.